The summed E-state index contributed by atoms with van der Waals surface area (Å²) in [6.45, 7) is 3.61. The molecule has 0 spiro atoms. The zero-order chi connectivity index (χ0) is 20.1. The number of carbonyl (C=O) groups excluding carboxylic acids is 1. The molecule has 0 fully saturated rings. The second-order valence-electron chi connectivity index (χ2n) is 6.63. The van der Waals surface area contributed by atoms with Gasteiger partial charge in [-0.15, -0.1) is 24.2 Å². The fourth-order valence-electron chi connectivity index (χ4n) is 2.92. The number of para-hydroxylation sites is 1. The molecule has 0 saturated heterocycles. The minimum absolute atomic E-state index is 0. The molecule has 1 aromatic heterocycles. The molecule has 0 aliphatic carbocycles. The Balaban J connectivity index is 0.00000300. The van der Waals surface area contributed by atoms with E-state index < -0.39 is 0 Å². The van der Waals surface area contributed by atoms with Crippen LogP contribution in [0, 0.1) is 0 Å². The maximum absolute atomic E-state index is 13.5. The lowest BCUT2D eigenvalue weighted by Crippen LogP contribution is -2.33. The average Bonchev–Trinajstić information content (AvgIpc) is 3.10. The van der Waals surface area contributed by atoms with Gasteiger partial charge in [0.2, 0.25) is 0 Å². The van der Waals surface area contributed by atoms with Crippen LogP contribution < -0.4 is 4.90 Å². The summed E-state index contributed by atoms with van der Waals surface area (Å²) in [5.41, 5.74) is 1.48. The highest BCUT2D eigenvalue weighted by atomic mass is 35.5. The lowest BCUT2D eigenvalue weighted by molar-refractivity contribution is 0.0983. The first-order valence-corrected chi connectivity index (χ1v) is 11.4. The van der Waals surface area contributed by atoms with Gasteiger partial charge in [-0.25, -0.2) is 4.98 Å². The van der Waals surface area contributed by atoms with E-state index in [1.54, 1.807) is 16.7 Å². The first-order valence-electron chi connectivity index (χ1n) is 9.24. The number of hydrogen-bond acceptors (Lipinski definition) is 5. The van der Waals surface area contributed by atoms with E-state index in [9.17, 15) is 4.79 Å². The van der Waals surface area contributed by atoms with E-state index in [4.69, 9.17) is 16.6 Å². The lowest BCUT2D eigenvalue weighted by Gasteiger charge is -2.22. The predicted octanol–water partition coefficient (Wildman–Crippen LogP) is 6.08. The van der Waals surface area contributed by atoms with Crippen LogP contribution in [-0.2, 0) is 0 Å². The van der Waals surface area contributed by atoms with Crippen LogP contribution in [0.1, 0.15) is 23.7 Å². The summed E-state index contributed by atoms with van der Waals surface area (Å²) in [7, 11) is 4.08. The molecule has 3 aromatic rings. The smallest absolute Gasteiger partial charge is 0.261 e. The zero-order valence-corrected chi connectivity index (χ0v) is 19.9. The Bertz CT molecular complexity index is 962. The number of carbonyl (C=O) groups is 1. The van der Waals surface area contributed by atoms with Gasteiger partial charge in [-0.2, -0.15) is 0 Å². The van der Waals surface area contributed by atoms with E-state index >= 15 is 0 Å². The van der Waals surface area contributed by atoms with Gasteiger partial charge in [0.25, 0.3) is 5.91 Å². The average molecular weight is 470 g/mol. The summed E-state index contributed by atoms with van der Waals surface area (Å²) in [5.74, 6) is 0.910. The van der Waals surface area contributed by atoms with Gasteiger partial charge >= 0.3 is 0 Å². The van der Waals surface area contributed by atoms with Crippen molar-refractivity contribution in [2.45, 2.75) is 18.2 Å². The van der Waals surface area contributed by atoms with Crippen LogP contribution in [0.2, 0.25) is 5.02 Å². The second kappa shape index (κ2) is 11.2. The van der Waals surface area contributed by atoms with Gasteiger partial charge in [-0.1, -0.05) is 48.1 Å². The standard InChI is InChI=1S/C21H24ClN3OS2.ClH/c1-4-27-17-11-6-5-9-15(17)20(26)25(14-8-13-24(2)3)21-23-19-16(22)10-7-12-18(19)28-21;/h5-7,9-12H,4,8,13-14H2,1-3H3;1H. The van der Waals surface area contributed by atoms with Crippen molar-refractivity contribution in [3.05, 3.63) is 53.1 Å². The monoisotopic (exact) mass is 469 g/mol. The summed E-state index contributed by atoms with van der Waals surface area (Å²) < 4.78 is 0.990. The lowest BCUT2D eigenvalue weighted by atomic mass is 10.2. The van der Waals surface area contributed by atoms with Gasteiger partial charge in [0.1, 0.15) is 5.52 Å². The largest absolute Gasteiger partial charge is 0.309 e. The normalized spacial score (nSPS) is 10.9. The summed E-state index contributed by atoms with van der Waals surface area (Å²) in [4.78, 5) is 23.2. The topological polar surface area (TPSA) is 36.4 Å². The highest BCUT2D eigenvalue weighted by molar-refractivity contribution is 7.99. The van der Waals surface area contributed by atoms with E-state index in [0.29, 0.717) is 16.7 Å². The number of aromatic nitrogens is 1. The number of nitrogens with zero attached hydrogens (tertiary/aromatic N) is 3. The van der Waals surface area contributed by atoms with Crippen molar-refractivity contribution in [2.75, 3.05) is 37.8 Å². The molecule has 0 atom stereocenters. The van der Waals surface area contributed by atoms with E-state index in [2.05, 4.69) is 11.8 Å². The van der Waals surface area contributed by atoms with Crippen LogP contribution in [0.5, 0.6) is 0 Å². The Morgan fingerprint density at radius 1 is 1.14 bits per heavy atom. The molecular formula is C21H25Cl2N3OS2. The quantitative estimate of drug-likeness (QED) is 0.374. The van der Waals surface area contributed by atoms with Gasteiger partial charge in [0.05, 0.1) is 15.3 Å². The van der Waals surface area contributed by atoms with Crippen molar-refractivity contribution >= 4 is 68.4 Å². The van der Waals surface area contributed by atoms with Gasteiger partial charge in [0.15, 0.2) is 5.13 Å². The van der Waals surface area contributed by atoms with E-state index in [0.717, 1.165) is 39.4 Å². The highest BCUT2D eigenvalue weighted by Crippen LogP contribution is 2.34. The van der Waals surface area contributed by atoms with Gasteiger partial charge in [0, 0.05) is 11.4 Å². The molecule has 0 aliphatic heterocycles. The summed E-state index contributed by atoms with van der Waals surface area (Å²) in [6.07, 6.45) is 0.867. The molecule has 29 heavy (non-hydrogen) atoms. The third-order valence-corrected chi connectivity index (χ3v) is 6.54. The second-order valence-corrected chi connectivity index (χ2v) is 9.35. The molecule has 0 radical (unpaired) electrons. The number of hydrogen-bond donors (Lipinski definition) is 0. The minimum atomic E-state index is -0.00881. The Hall–Kier alpha value is -1.31. The van der Waals surface area contributed by atoms with E-state index in [-0.39, 0.29) is 18.3 Å². The number of amides is 1. The third-order valence-electron chi connectivity index (χ3n) is 4.24. The van der Waals surface area contributed by atoms with Gasteiger partial charge in [-0.3, -0.25) is 9.69 Å². The number of halogens is 2. The van der Waals surface area contributed by atoms with E-state index in [1.807, 2.05) is 56.6 Å². The molecule has 1 heterocycles. The Kier molecular flexibility index (Phi) is 9.24. The van der Waals surface area contributed by atoms with Crippen molar-refractivity contribution in [2.24, 2.45) is 0 Å². The molecule has 4 nitrogen and oxygen atoms in total. The SMILES string of the molecule is CCSc1ccccc1C(=O)N(CCCN(C)C)c1nc2c(Cl)cccc2s1.Cl. The molecule has 1 amide bonds. The number of thioether (sulfide) groups is 1. The fraction of sp³-hybridized carbons (Fsp3) is 0.333. The van der Waals surface area contributed by atoms with Crippen LogP contribution in [-0.4, -0.2) is 48.7 Å². The molecule has 0 aliphatic rings. The van der Waals surface area contributed by atoms with Crippen molar-refractivity contribution in [3.8, 4) is 0 Å². The van der Waals surface area contributed by atoms with Gasteiger partial charge in [-0.05, 0) is 57.1 Å². The molecule has 2 aromatic carbocycles. The fourth-order valence-corrected chi connectivity index (χ4v) is 5.00. The number of fused-ring (bicyclic) bond motifs is 1. The molecule has 0 N–H and O–H groups in total. The van der Waals surface area contributed by atoms with Crippen molar-refractivity contribution < 1.29 is 4.79 Å². The van der Waals surface area contributed by atoms with Crippen LogP contribution in [0.25, 0.3) is 10.2 Å². The van der Waals surface area contributed by atoms with Crippen molar-refractivity contribution in [1.29, 1.82) is 0 Å². The van der Waals surface area contributed by atoms with Gasteiger partial charge < -0.3 is 4.90 Å². The van der Waals surface area contributed by atoms with Crippen LogP contribution in [0.15, 0.2) is 47.4 Å². The third kappa shape index (κ3) is 5.86. The van der Waals surface area contributed by atoms with Crippen LogP contribution >= 0.6 is 47.1 Å². The summed E-state index contributed by atoms with van der Waals surface area (Å²) in [5, 5.41) is 1.31. The highest BCUT2D eigenvalue weighted by Gasteiger charge is 2.23. The Morgan fingerprint density at radius 2 is 1.90 bits per heavy atom. The number of benzene rings is 2. The summed E-state index contributed by atoms with van der Waals surface area (Å²) >= 11 is 9.51. The van der Waals surface area contributed by atoms with Crippen LogP contribution in [0.3, 0.4) is 0 Å². The maximum atomic E-state index is 13.5. The minimum Gasteiger partial charge on any atom is -0.309 e. The molecular weight excluding hydrogens is 445 g/mol. The first-order chi connectivity index (χ1) is 13.5. The number of rotatable bonds is 8. The Labute approximate surface area is 191 Å². The molecule has 0 saturated carbocycles. The number of thiazole rings is 1. The molecule has 156 valence electrons. The van der Waals surface area contributed by atoms with Crippen molar-refractivity contribution in [3.63, 3.8) is 0 Å². The van der Waals surface area contributed by atoms with E-state index in [1.165, 1.54) is 11.3 Å². The molecule has 0 bridgehead atoms. The number of anilines is 1. The molecule has 8 heteroatoms. The molecule has 0 unspecified atom stereocenters. The van der Waals surface area contributed by atoms with Crippen molar-refractivity contribution in [1.82, 2.24) is 9.88 Å². The van der Waals surface area contributed by atoms with Crippen LogP contribution in [0.4, 0.5) is 5.13 Å². The zero-order valence-electron chi connectivity index (χ0n) is 16.7. The molecule has 3 rings (SSSR count). The predicted molar refractivity (Wildman–Crippen MR) is 130 cm³/mol. The first kappa shape index (κ1) is 24.0. The Morgan fingerprint density at radius 3 is 2.59 bits per heavy atom. The summed E-state index contributed by atoms with van der Waals surface area (Å²) in [6, 6.07) is 13.5. The maximum Gasteiger partial charge on any atom is 0.261 e.